The quantitative estimate of drug-likeness (QED) is 0.363. The van der Waals surface area contributed by atoms with Gasteiger partial charge < -0.3 is 13.8 Å². The summed E-state index contributed by atoms with van der Waals surface area (Å²) in [5.74, 6) is -6.84. The predicted octanol–water partition coefficient (Wildman–Crippen LogP) is 4.65. The fraction of sp³-hybridized carbons (Fsp3) is 0.632. The highest BCUT2D eigenvalue weighted by atomic mass is 28.4. The van der Waals surface area contributed by atoms with Crippen LogP contribution in [0, 0.1) is 0 Å². The number of rotatable bonds is 10. The van der Waals surface area contributed by atoms with Gasteiger partial charge in [-0.05, 0) is 44.4 Å². The Hall–Kier alpha value is -1.13. The second-order valence-corrected chi connectivity index (χ2v) is 22.0. The first-order valence-electron chi connectivity index (χ1n) is 10.0. The van der Waals surface area contributed by atoms with Crippen LogP contribution < -0.4 is 10.1 Å². The molecule has 1 aromatic carbocycles. The first-order valence-corrected chi connectivity index (χ1v) is 19.2. The molecule has 0 fully saturated rings. The zero-order valence-corrected chi connectivity index (χ0v) is 22.4. The minimum atomic E-state index is -5.74. The molecule has 1 unspecified atom stereocenters. The van der Waals surface area contributed by atoms with Gasteiger partial charge in [-0.15, -0.1) is 0 Å². The molecule has 32 heavy (non-hydrogen) atoms. The van der Waals surface area contributed by atoms with E-state index in [0.717, 1.165) is 24.3 Å². The number of hydrogen-bond acceptors (Lipinski definition) is 4. The molecule has 5 nitrogen and oxygen atoms in total. The Balaban J connectivity index is 3.13. The molecule has 1 N–H and O–H groups in total. The number of alkyl halides is 5. The summed E-state index contributed by atoms with van der Waals surface area (Å²) >= 11 is 0. The van der Waals surface area contributed by atoms with E-state index in [1.807, 2.05) is 19.2 Å². The molecule has 0 radical (unpaired) electrons. The summed E-state index contributed by atoms with van der Waals surface area (Å²) in [7, 11) is -5.96. The lowest BCUT2D eigenvalue weighted by molar-refractivity contribution is -0.321. The summed E-state index contributed by atoms with van der Waals surface area (Å²) in [6.45, 7) is 9.49. The van der Waals surface area contributed by atoms with Crippen molar-refractivity contribution < 1.29 is 40.4 Å². The molecule has 0 aromatic heterocycles. The number of hydrogen-bond donors (Lipinski definition) is 1. The third-order valence-electron chi connectivity index (χ3n) is 5.09. The molecular formula is C19H32F5NO4Si3. The minimum Gasteiger partial charge on any atom is -0.436 e. The number of likely N-dealkylation sites (N-methyl/N-ethyl adjacent to an activating group) is 1. The number of carbonyl (C=O) groups excluding carboxylic acids is 1. The molecule has 0 aliphatic heterocycles. The Labute approximate surface area is 188 Å². The maximum Gasteiger partial charge on any atom is 0.458 e. The summed E-state index contributed by atoms with van der Waals surface area (Å²) in [5, 5.41) is 0.850. The maximum atomic E-state index is 14.4. The summed E-state index contributed by atoms with van der Waals surface area (Å²) in [6.07, 6.45) is -5.74. The topological polar surface area (TPSA) is 59.0 Å². The van der Waals surface area contributed by atoms with Crippen molar-refractivity contribution in [3.8, 4) is 0 Å². The summed E-state index contributed by atoms with van der Waals surface area (Å²) < 4.78 is 75.5. The van der Waals surface area contributed by atoms with Crippen LogP contribution in [0.2, 0.25) is 51.4 Å². The van der Waals surface area contributed by atoms with Gasteiger partial charge in [-0.1, -0.05) is 36.5 Å². The molecular weight excluding hydrogens is 485 g/mol. The van der Waals surface area contributed by atoms with Gasteiger partial charge in [0.05, 0.1) is 8.07 Å². The van der Waals surface area contributed by atoms with E-state index in [2.05, 4.69) is 17.8 Å². The van der Waals surface area contributed by atoms with Crippen LogP contribution in [-0.4, -0.2) is 61.6 Å². The summed E-state index contributed by atoms with van der Waals surface area (Å²) in [4.78, 5) is 22.8. The fourth-order valence-corrected chi connectivity index (χ4v) is 15.4. The van der Waals surface area contributed by atoms with Crippen LogP contribution in [0.15, 0.2) is 24.3 Å². The van der Waals surface area contributed by atoms with E-state index in [9.17, 15) is 31.5 Å². The van der Waals surface area contributed by atoms with Crippen LogP contribution >= 0.6 is 0 Å². The largest absolute Gasteiger partial charge is 0.458 e. The van der Waals surface area contributed by atoms with E-state index in [1.54, 1.807) is 25.2 Å². The van der Waals surface area contributed by atoms with Crippen molar-refractivity contribution in [2.45, 2.75) is 63.4 Å². The van der Waals surface area contributed by atoms with E-state index in [4.69, 9.17) is 4.12 Å². The Morgan fingerprint density at radius 1 is 1.06 bits per heavy atom. The van der Waals surface area contributed by atoms with Gasteiger partial charge in [-0.2, -0.15) is 17.6 Å². The van der Waals surface area contributed by atoms with Crippen molar-refractivity contribution in [1.82, 2.24) is 0 Å². The molecule has 1 amide bonds. The summed E-state index contributed by atoms with van der Waals surface area (Å²) in [5.41, 5.74) is 0.0402. The average Bonchev–Trinajstić information content (AvgIpc) is 2.63. The number of anilines is 1. The van der Waals surface area contributed by atoms with Crippen molar-refractivity contribution in [3.05, 3.63) is 24.3 Å². The van der Waals surface area contributed by atoms with Gasteiger partial charge in [-0.3, -0.25) is 9.53 Å². The number of amides is 1. The first kappa shape index (κ1) is 28.9. The number of ether oxygens (including phenoxy) is 1. The minimum absolute atomic E-state index is 0.0402. The van der Waals surface area contributed by atoms with Gasteiger partial charge in [0.1, 0.15) is 0 Å². The van der Waals surface area contributed by atoms with Crippen LogP contribution in [0.4, 0.5) is 27.6 Å². The maximum absolute atomic E-state index is 14.4. The number of benzene rings is 1. The fourth-order valence-electron chi connectivity index (χ4n) is 3.29. The lowest BCUT2D eigenvalue weighted by Gasteiger charge is -2.33. The smallest absolute Gasteiger partial charge is 0.436 e. The molecule has 0 saturated carbocycles. The van der Waals surface area contributed by atoms with Crippen molar-refractivity contribution in [3.63, 3.8) is 0 Å². The number of carbonyl (C=O) groups is 1. The summed E-state index contributed by atoms with van der Waals surface area (Å²) in [6, 6.07) is 7.89. The van der Waals surface area contributed by atoms with Crippen molar-refractivity contribution in [1.29, 1.82) is 0 Å². The highest BCUT2D eigenvalue weighted by molar-refractivity contribution is 6.91. The van der Waals surface area contributed by atoms with Crippen molar-refractivity contribution in [2.24, 2.45) is 0 Å². The van der Waals surface area contributed by atoms with Gasteiger partial charge in [0.2, 0.25) is 0 Å². The zero-order valence-electron chi connectivity index (χ0n) is 19.4. The Morgan fingerprint density at radius 3 is 2.09 bits per heavy atom. The highest BCUT2D eigenvalue weighted by Gasteiger charge is 2.65. The molecule has 0 bridgehead atoms. The van der Waals surface area contributed by atoms with Gasteiger partial charge in [0.25, 0.3) is 0 Å². The third kappa shape index (κ3) is 7.45. The Morgan fingerprint density at radius 2 is 1.62 bits per heavy atom. The lowest BCUT2D eigenvalue weighted by Crippen LogP contribution is -2.56. The van der Waals surface area contributed by atoms with Crippen LogP contribution in [0.5, 0.6) is 0 Å². The van der Waals surface area contributed by atoms with Gasteiger partial charge in [-0.25, -0.2) is 4.39 Å². The second-order valence-electron chi connectivity index (χ2n) is 9.45. The molecule has 0 aliphatic rings. The SMILES string of the molecule is CN(C(=O)C(F)(OCF)C(F)(F)F)c1cccc([Si](C)(C)CC[Si](C)(C)O[Si](C)(C)O)c1. The zero-order chi connectivity index (χ0) is 25.2. The van der Waals surface area contributed by atoms with Gasteiger partial charge >= 0.3 is 26.5 Å². The van der Waals surface area contributed by atoms with E-state index >= 15 is 0 Å². The molecule has 0 heterocycles. The van der Waals surface area contributed by atoms with Crippen LogP contribution in [0.3, 0.4) is 0 Å². The van der Waals surface area contributed by atoms with Crippen LogP contribution in [-0.2, 0) is 13.6 Å². The molecule has 0 saturated heterocycles. The monoisotopic (exact) mass is 517 g/mol. The lowest BCUT2D eigenvalue weighted by atomic mass is 10.2. The molecule has 1 aromatic rings. The Kier molecular flexibility index (Phi) is 9.04. The molecule has 1 atom stereocenters. The average molecular weight is 518 g/mol. The first-order chi connectivity index (χ1) is 14.3. The van der Waals surface area contributed by atoms with E-state index in [0.29, 0.717) is 4.90 Å². The Bertz CT molecular complexity index is 802. The normalized spacial score (nSPS) is 15.4. The van der Waals surface area contributed by atoms with Crippen LogP contribution in [0.1, 0.15) is 0 Å². The molecule has 0 spiro atoms. The van der Waals surface area contributed by atoms with Crippen LogP contribution in [0.25, 0.3) is 0 Å². The van der Waals surface area contributed by atoms with E-state index < -0.39 is 49.8 Å². The predicted molar refractivity (Wildman–Crippen MR) is 122 cm³/mol. The molecule has 184 valence electrons. The number of nitrogens with zero attached hydrogens (tertiary/aromatic N) is 1. The third-order valence-corrected chi connectivity index (χ3v) is 14.6. The van der Waals surface area contributed by atoms with Crippen molar-refractivity contribution >= 4 is 41.7 Å². The molecule has 13 heteroatoms. The number of halogens is 5. The van der Waals surface area contributed by atoms with Gasteiger partial charge in [0.15, 0.2) is 15.2 Å². The van der Waals surface area contributed by atoms with Gasteiger partial charge in [0, 0.05) is 12.7 Å². The highest BCUT2D eigenvalue weighted by Crippen LogP contribution is 2.37. The van der Waals surface area contributed by atoms with E-state index in [-0.39, 0.29) is 5.69 Å². The van der Waals surface area contributed by atoms with Crippen molar-refractivity contribution in [2.75, 3.05) is 18.8 Å². The second kappa shape index (κ2) is 10.0. The molecule has 1 rings (SSSR count). The standard InChI is InChI=1S/C19H32F5NO4Si3/c1-25(17(26)18(21,28-14-20)19(22,23)24)15-9-8-10-16(13-15)30(2,3)11-12-31(4,5)29-32(6,7)27/h8-10,13,27H,11-12,14H2,1-7H3. The van der Waals surface area contributed by atoms with E-state index in [1.165, 1.54) is 6.07 Å². The molecule has 0 aliphatic carbocycles.